The topological polar surface area (TPSA) is 45.8 Å². The van der Waals surface area contributed by atoms with Crippen LogP contribution in [0.25, 0.3) is 11.0 Å². The van der Waals surface area contributed by atoms with E-state index in [1.54, 1.807) is 0 Å². The first-order valence-electron chi connectivity index (χ1n) is 4.84. The number of alkyl halides is 1. The molecule has 2 rings (SSSR count). The van der Waals surface area contributed by atoms with Crippen molar-refractivity contribution in [2.45, 2.75) is 13.1 Å². The second-order valence-electron chi connectivity index (χ2n) is 3.12. The standard InChI is InChI=1S/C10H8F2N2O/c1-5(11)8-10(15)14-9-6(12)3-2-4-7(9)13-8/h2-5H,1H3,(H,14,15)/i3D. The summed E-state index contributed by atoms with van der Waals surface area (Å²) in [6.07, 6.45) is -1.52. The predicted molar refractivity (Wildman–Crippen MR) is 51.8 cm³/mol. The maximum Gasteiger partial charge on any atom is 0.273 e. The van der Waals surface area contributed by atoms with Gasteiger partial charge < -0.3 is 4.98 Å². The zero-order chi connectivity index (χ0) is 11.9. The molecule has 0 bridgehead atoms. The third kappa shape index (κ3) is 1.60. The molecule has 0 aliphatic heterocycles. The molecule has 1 heterocycles. The van der Waals surface area contributed by atoms with Gasteiger partial charge >= 0.3 is 0 Å². The lowest BCUT2D eigenvalue weighted by Gasteiger charge is -2.03. The van der Waals surface area contributed by atoms with Crippen molar-refractivity contribution >= 4 is 11.0 Å². The predicted octanol–water partition coefficient (Wildman–Crippen LogP) is 2.09. The molecule has 1 aromatic carbocycles. The molecule has 0 fully saturated rings. The van der Waals surface area contributed by atoms with Crippen LogP contribution in [0.5, 0.6) is 0 Å². The highest BCUT2D eigenvalue weighted by atomic mass is 19.1. The monoisotopic (exact) mass is 211 g/mol. The Balaban J connectivity index is 2.84. The van der Waals surface area contributed by atoms with Crippen LogP contribution in [-0.4, -0.2) is 9.97 Å². The van der Waals surface area contributed by atoms with E-state index in [4.69, 9.17) is 1.37 Å². The highest BCUT2D eigenvalue weighted by Crippen LogP contribution is 2.15. The van der Waals surface area contributed by atoms with E-state index in [1.807, 2.05) is 0 Å². The minimum Gasteiger partial charge on any atom is -0.317 e. The Morgan fingerprint density at radius 2 is 2.40 bits per heavy atom. The summed E-state index contributed by atoms with van der Waals surface area (Å²) < 4.78 is 33.6. The van der Waals surface area contributed by atoms with Crippen LogP contribution in [0, 0.1) is 5.82 Å². The molecule has 2 aromatic rings. The maximum atomic E-state index is 13.4. The molecule has 1 atom stereocenters. The van der Waals surface area contributed by atoms with Gasteiger partial charge in [-0.2, -0.15) is 0 Å². The Morgan fingerprint density at radius 3 is 3.07 bits per heavy atom. The summed E-state index contributed by atoms with van der Waals surface area (Å²) in [5, 5.41) is 0. The molecule has 1 aromatic heterocycles. The number of hydrogen-bond donors (Lipinski definition) is 1. The molecule has 15 heavy (non-hydrogen) atoms. The van der Waals surface area contributed by atoms with Crippen LogP contribution in [0.2, 0.25) is 0 Å². The van der Waals surface area contributed by atoms with Gasteiger partial charge in [0, 0.05) is 0 Å². The first kappa shape index (κ1) is 8.52. The van der Waals surface area contributed by atoms with E-state index in [2.05, 4.69) is 9.97 Å². The Bertz CT molecular complexity index is 610. The Hall–Kier alpha value is -1.78. The Labute approximate surface area is 85.2 Å². The maximum absolute atomic E-state index is 13.4. The quantitative estimate of drug-likeness (QED) is 0.785. The number of aromatic amines is 1. The van der Waals surface area contributed by atoms with Crippen LogP contribution in [0.3, 0.4) is 0 Å². The lowest BCUT2D eigenvalue weighted by Crippen LogP contribution is -2.16. The van der Waals surface area contributed by atoms with E-state index in [0.717, 1.165) is 0 Å². The van der Waals surface area contributed by atoms with Gasteiger partial charge in [-0.25, -0.2) is 13.8 Å². The van der Waals surface area contributed by atoms with Crippen molar-refractivity contribution in [1.29, 1.82) is 0 Å². The summed E-state index contributed by atoms with van der Waals surface area (Å²) in [5.41, 5.74) is -1.09. The van der Waals surface area contributed by atoms with E-state index in [0.29, 0.717) is 0 Å². The molecule has 0 aliphatic carbocycles. The molecule has 78 valence electrons. The molecule has 0 aliphatic rings. The Kier molecular flexibility index (Phi) is 1.94. The van der Waals surface area contributed by atoms with Crippen molar-refractivity contribution in [2.75, 3.05) is 0 Å². The summed E-state index contributed by atoms with van der Waals surface area (Å²) in [4.78, 5) is 17.3. The van der Waals surface area contributed by atoms with Gasteiger partial charge in [-0.15, -0.1) is 0 Å². The second kappa shape index (κ2) is 3.42. The lowest BCUT2D eigenvalue weighted by atomic mass is 10.2. The molecule has 3 nitrogen and oxygen atoms in total. The smallest absolute Gasteiger partial charge is 0.273 e. The number of H-pyrrole nitrogens is 1. The molecule has 1 N–H and O–H groups in total. The van der Waals surface area contributed by atoms with E-state index >= 15 is 0 Å². The van der Waals surface area contributed by atoms with Gasteiger partial charge in [0.05, 0.1) is 6.89 Å². The molecule has 0 amide bonds. The van der Waals surface area contributed by atoms with Crippen LogP contribution in [0.15, 0.2) is 23.0 Å². The third-order valence-corrected chi connectivity index (χ3v) is 2.02. The van der Waals surface area contributed by atoms with Crippen molar-refractivity contribution in [1.82, 2.24) is 9.97 Å². The largest absolute Gasteiger partial charge is 0.317 e. The van der Waals surface area contributed by atoms with Crippen molar-refractivity contribution in [3.8, 4) is 0 Å². The van der Waals surface area contributed by atoms with Crippen molar-refractivity contribution in [3.63, 3.8) is 0 Å². The van der Waals surface area contributed by atoms with Gasteiger partial charge in [0.15, 0.2) is 0 Å². The molecule has 1 unspecified atom stereocenters. The van der Waals surface area contributed by atoms with E-state index in [-0.39, 0.29) is 22.8 Å². The van der Waals surface area contributed by atoms with Gasteiger partial charge in [0.2, 0.25) is 0 Å². The average Bonchev–Trinajstić information content (AvgIpc) is 2.23. The number of aromatic nitrogens is 2. The molecule has 0 saturated heterocycles. The molecular formula is C10H8F2N2O. The number of hydrogen-bond acceptors (Lipinski definition) is 2. The summed E-state index contributed by atoms with van der Waals surface area (Å²) in [7, 11) is 0. The van der Waals surface area contributed by atoms with Gasteiger partial charge in [-0.05, 0) is 19.0 Å². The lowest BCUT2D eigenvalue weighted by molar-refractivity contribution is 0.363. The summed E-state index contributed by atoms with van der Waals surface area (Å²) in [6, 6.07) is 2.23. The number of rotatable bonds is 1. The average molecular weight is 211 g/mol. The Morgan fingerprint density at radius 1 is 1.67 bits per heavy atom. The number of para-hydroxylation sites is 1. The van der Waals surface area contributed by atoms with Crippen molar-refractivity contribution in [3.05, 3.63) is 40.0 Å². The van der Waals surface area contributed by atoms with Gasteiger partial charge in [0.25, 0.3) is 5.56 Å². The third-order valence-electron chi connectivity index (χ3n) is 2.02. The molecule has 5 heteroatoms. The fourth-order valence-electron chi connectivity index (χ4n) is 1.30. The van der Waals surface area contributed by atoms with Gasteiger partial charge in [-0.1, -0.05) is 6.07 Å². The van der Waals surface area contributed by atoms with Crippen molar-refractivity contribution in [2.24, 2.45) is 0 Å². The van der Waals surface area contributed by atoms with E-state index in [1.165, 1.54) is 19.1 Å². The molecule has 0 radical (unpaired) electrons. The first-order valence-corrected chi connectivity index (χ1v) is 4.34. The number of benzene rings is 1. The minimum absolute atomic E-state index is 0.132. The summed E-state index contributed by atoms with van der Waals surface area (Å²) in [6.45, 7) is 1.18. The fourth-order valence-corrected chi connectivity index (χ4v) is 1.30. The molecule has 0 saturated carbocycles. The minimum atomic E-state index is -1.52. The van der Waals surface area contributed by atoms with Crippen LogP contribution in [0.1, 0.15) is 20.2 Å². The summed E-state index contributed by atoms with van der Waals surface area (Å²) >= 11 is 0. The highest BCUT2D eigenvalue weighted by molar-refractivity contribution is 5.74. The summed E-state index contributed by atoms with van der Waals surface area (Å²) in [5.74, 6) is -0.861. The van der Waals surface area contributed by atoms with E-state index in [9.17, 15) is 13.6 Å². The zero-order valence-electron chi connectivity index (χ0n) is 8.84. The molecular weight excluding hydrogens is 202 g/mol. The van der Waals surface area contributed by atoms with Crippen LogP contribution < -0.4 is 5.56 Å². The van der Waals surface area contributed by atoms with Crippen molar-refractivity contribution < 1.29 is 10.2 Å². The second-order valence-corrected chi connectivity index (χ2v) is 3.12. The van der Waals surface area contributed by atoms with E-state index < -0.39 is 17.5 Å². The van der Waals surface area contributed by atoms with Crippen LogP contribution >= 0.6 is 0 Å². The van der Waals surface area contributed by atoms with Crippen LogP contribution in [-0.2, 0) is 0 Å². The number of halogens is 2. The SMILES string of the molecule is [2H]c1ccc2nc(C(C)F)c(=O)[nH]c2c1F. The first-order chi connectivity index (χ1) is 7.50. The van der Waals surface area contributed by atoms with Gasteiger partial charge in [0.1, 0.15) is 23.2 Å². The number of nitrogens with zero attached hydrogens (tertiary/aromatic N) is 1. The molecule has 0 spiro atoms. The number of fused-ring (bicyclic) bond motifs is 1. The van der Waals surface area contributed by atoms with Crippen LogP contribution in [0.4, 0.5) is 8.78 Å². The fraction of sp³-hybridized carbons (Fsp3) is 0.200. The van der Waals surface area contributed by atoms with Gasteiger partial charge in [-0.3, -0.25) is 4.79 Å². The highest BCUT2D eigenvalue weighted by Gasteiger charge is 2.12. The zero-order valence-corrected chi connectivity index (χ0v) is 7.84. The number of nitrogens with one attached hydrogen (secondary N) is 1. The normalized spacial score (nSPS) is 13.9.